The molecule has 0 unspecified atom stereocenters. The minimum absolute atomic E-state index is 0.704. The number of nitrogen functional groups attached to an aromatic ring is 1. The first-order valence-corrected chi connectivity index (χ1v) is 4.28. The Balaban J connectivity index is 3.28. The van der Waals surface area contributed by atoms with Crippen molar-refractivity contribution in [3.05, 3.63) is 20.8 Å². The Kier molecular flexibility index (Phi) is 2.31. The van der Waals surface area contributed by atoms with Crippen molar-refractivity contribution in [2.75, 3.05) is 5.73 Å². The van der Waals surface area contributed by atoms with Crippen LogP contribution in [0.4, 0.5) is 5.69 Å². The van der Waals surface area contributed by atoms with Gasteiger partial charge in [0.05, 0.1) is 15.9 Å². The molecule has 0 saturated carbocycles. The standard InChI is InChI=1S/C6H6Br2N2/c1-3-5(9)2-4(7)6(8)10-3/h2H,9H2,1H3. The maximum absolute atomic E-state index is 5.58. The van der Waals surface area contributed by atoms with Crippen LogP contribution >= 0.6 is 31.9 Å². The number of aryl methyl sites for hydroxylation is 1. The molecule has 54 valence electrons. The Morgan fingerprint density at radius 3 is 2.60 bits per heavy atom. The van der Waals surface area contributed by atoms with E-state index in [4.69, 9.17) is 5.73 Å². The van der Waals surface area contributed by atoms with Crippen LogP contribution in [0.2, 0.25) is 0 Å². The average Bonchev–Trinajstić information content (AvgIpc) is 1.84. The number of halogens is 2. The molecule has 10 heavy (non-hydrogen) atoms. The molecule has 0 atom stereocenters. The number of hydrogen-bond acceptors (Lipinski definition) is 2. The summed E-state index contributed by atoms with van der Waals surface area (Å²) >= 11 is 6.56. The maximum Gasteiger partial charge on any atom is 0.120 e. The molecule has 2 nitrogen and oxygen atoms in total. The molecule has 1 aromatic rings. The van der Waals surface area contributed by atoms with Crippen LogP contribution in [0.1, 0.15) is 5.69 Å². The number of aromatic nitrogens is 1. The summed E-state index contributed by atoms with van der Waals surface area (Å²) in [4.78, 5) is 4.12. The molecule has 0 saturated heterocycles. The zero-order valence-corrected chi connectivity index (χ0v) is 8.53. The van der Waals surface area contributed by atoms with Gasteiger partial charge in [0, 0.05) is 0 Å². The Labute approximate surface area is 76.1 Å². The Morgan fingerprint density at radius 2 is 2.10 bits per heavy atom. The third kappa shape index (κ3) is 1.49. The van der Waals surface area contributed by atoms with E-state index in [2.05, 4.69) is 36.8 Å². The smallest absolute Gasteiger partial charge is 0.120 e. The lowest BCUT2D eigenvalue weighted by Gasteiger charge is -2.00. The predicted octanol–water partition coefficient (Wildman–Crippen LogP) is 2.50. The lowest BCUT2D eigenvalue weighted by molar-refractivity contribution is 1.16. The highest BCUT2D eigenvalue weighted by Gasteiger charge is 2.00. The predicted molar refractivity (Wildman–Crippen MR) is 48.8 cm³/mol. The van der Waals surface area contributed by atoms with Crippen LogP contribution < -0.4 is 5.73 Å². The monoisotopic (exact) mass is 264 g/mol. The average molecular weight is 266 g/mol. The van der Waals surface area contributed by atoms with Gasteiger partial charge in [0.1, 0.15) is 4.60 Å². The van der Waals surface area contributed by atoms with Crippen molar-refractivity contribution >= 4 is 37.5 Å². The van der Waals surface area contributed by atoms with Gasteiger partial charge in [-0.3, -0.25) is 0 Å². The lowest BCUT2D eigenvalue weighted by Crippen LogP contribution is -1.93. The number of nitrogens with zero attached hydrogens (tertiary/aromatic N) is 1. The summed E-state index contributed by atoms with van der Waals surface area (Å²) in [5.74, 6) is 0. The highest BCUT2D eigenvalue weighted by atomic mass is 79.9. The molecule has 1 heterocycles. The van der Waals surface area contributed by atoms with Crippen molar-refractivity contribution in [2.24, 2.45) is 0 Å². The van der Waals surface area contributed by atoms with Crippen LogP contribution in [0, 0.1) is 6.92 Å². The van der Waals surface area contributed by atoms with E-state index in [0.717, 1.165) is 14.8 Å². The Hall–Kier alpha value is -0.0900. The zero-order valence-electron chi connectivity index (χ0n) is 5.36. The fraction of sp³-hybridized carbons (Fsp3) is 0.167. The van der Waals surface area contributed by atoms with Crippen LogP contribution in [0.15, 0.2) is 15.1 Å². The van der Waals surface area contributed by atoms with E-state index < -0.39 is 0 Å². The van der Waals surface area contributed by atoms with Gasteiger partial charge in [-0.05, 0) is 44.8 Å². The van der Waals surface area contributed by atoms with Crippen LogP contribution in [-0.2, 0) is 0 Å². The molecule has 0 radical (unpaired) electrons. The third-order valence-electron chi connectivity index (χ3n) is 1.16. The van der Waals surface area contributed by atoms with Crippen molar-refractivity contribution in [3.63, 3.8) is 0 Å². The van der Waals surface area contributed by atoms with E-state index in [-0.39, 0.29) is 0 Å². The number of anilines is 1. The van der Waals surface area contributed by atoms with Crippen molar-refractivity contribution in [1.82, 2.24) is 4.98 Å². The molecule has 0 spiro atoms. The number of nitrogens with two attached hydrogens (primary N) is 1. The van der Waals surface area contributed by atoms with E-state index in [1.54, 1.807) is 0 Å². The largest absolute Gasteiger partial charge is 0.397 e. The third-order valence-corrected chi connectivity index (χ3v) is 2.90. The highest BCUT2D eigenvalue weighted by molar-refractivity contribution is 9.13. The van der Waals surface area contributed by atoms with E-state index in [9.17, 15) is 0 Å². The number of rotatable bonds is 0. The number of hydrogen-bond donors (Lipinski definition) is 1. The summed E-state index contributed by atoms with van der Waals surface area (Å²) < 4.78 is 1.68. The van der Waals surface area contributed by atoms with Gasteiger partial charge in [0.15, 0.2) is 0 Å². The maximum atomic E-state index is 5.58. The van der Waals surface area contributed by atoms with Crippen LogP contribution in [0.25, 0.3) is 0 Å². The van der Waals surface area contributed by atoms with Crippen molar-refractivity contribution < 1.29 is 0 Å². The quantitative estimate of drug-likeness (QED) is 0.732. The normalized spacial score (nSPS) is 9.90. The first-order valence-electron chi connectivity index (χ1n) is 2.69. The van der Waals surface area contributed by atoms with Gasteiger partial charge >= 0.3 is 0 Å². The SMILES string of the molecule is Cc1nc(Br)c(Br)cc1N. The van der Waals surface area contributed by atoms with E-state index in [0.29, 0.717) is 5.69 Å². The molecule has 0 aliphatic rings. The summed E-state index contributed by atoms with van der Waals surface area (Å²) in [6, 6.07) is 1.83. The Morgan fingerprint density at radius 1 is 1.50 bits per heavy atom. The fourth-order valence-electron chi connectivity index (χ4n) is 0.566. The molecule has 0 aliphatic carbocycles. The van der Waals surface area contributed by atoms with Gasteiger partial charge in [-0.25, -0.2) is 4.98 Å². The minimum atomic E-state index is 0.704. The molecule has 0 amide bonds. The van der Waals surface area contributed by atoms with Gasteiger partial charge in [-0.1, -0.05) is 0 Å². The van der Waals surface area contributed by atoms with Gasteiger partial charge in [0.2, 0.25) is 0 Å². The fourth-order valence-corrected chi connectivity index (χ4v) is 1.28. The van der Waals surface area contributed by atoms with Gasteiger partial charge < -0.3 is 5.73 Å². The van der Waals surface area contributed by atoms with Gasteiger partial charge in [-0.2, -0.15) is 0 Å². The summed E-state index contributed by atoms with van der Waals surface area (Å²) in [6.45, 7) is 1.87. The molecule has 4 heteroatoms. The molecular formula is C6H6Br2N2. The first-order chi connectivity index (χ1) is 4.61. The summed E-state index contributed by atoms with van der Waals surface area (Å²) in [7, 11) is 0. The molecule has 0 bridgehead atoms. The van der Waals surface area contributed by atoms with Crippen LogP contribution in [0.3, 0.4) is 0 Å². The second-order valence-corrected chi connectivity index (χ2v) is 3.54. The van der Waals surface area contributed by atoms with E-state index in [1.807, 2.05) is 13.0 Å². The summed E-state index contributed by atoms with van der Waals surface area (Å²) in [5.41, 5.74) is 7.12. The molecule has 0 fully saturated rings. The van der Waals surface area contributed by atoms with Gasteiger partial charge in [0.25, 0.3) is 0 Å². The topological polar surface area (TPSA) is 38.9 Å². The second kappa shape index (κ2) is 2.88. The minimum Gasteiger partial charge on any atom is -0.397 e. The number of pyridine rings is 1. The van der Waals surface area contributed by atoms with E-state index >= 15 is 0 Å². The second-order valence-electron chi connectivity index (χ2n) is 1.94. The van der Waals surface area contributed by atoms with E-state index in [1.165, 1.54) is 0 Å². The van der Waals surface area contributed by atoms with Crippen LogP contribution in [0.5, 0.6) is 0 Å². The van der Waals surface area contributed by atoms with Crippen molar-refractivity contribution in [1.29, 1.82) is 0 Å². The van der Waals surface area contributed by atoms with Crippen LogP contribution in [-0.4, -0.2) is 4.98 Å². The molecule has 1 rings (SSSR count). The first kappa shape index (κ1) is 8.01. The summed E-state index contributed by atoms with van der Waals surface area (Å²) in [5, 5.41) is 0. The lowest BCUT2D eigenvalue weighted by atomic mass is 10.3. The molecule has 0 aromatic carbocycles. The van der Waals surface area contributed by atoms with Crippen molar-refractivity contribution in [3.8, 4) is 0 Å². The van der Waals surface area contributed by atoms with Gasteiger partial charge in [-0.15, -0.1) is 0 Å². The molecule has 1 aromatic heterocycles. The molecular weight excluding hydrogens is 260 g/mol. The molecule has 2 N–H and O–H groups in total. The zero-order chi connectivity index (χ0) is 7.72. The van der Waals surface area contributed by atoms with Crippen molar-refractivity contribution in [2.45, 2.75) is 6.92 Å². The highest BCUT2D eigenvalue weighted by Crippen LogP contribution is 2.24. The molecule has 0 aliphatic heterocycles. The Bertz CT molecular complexity index is 210. The summed E-state index contributed by atoms with van der Waals surface area (Å²) in [6.07, 6.45) is 0.